The number of aryl methyl sites for hydroxylation is 1. The van der Waals surface area contributed by atoms with Gasteiger partial charge in [-0.25, -0.2) is 9.36 Å². The van der Waals surface area contributed by atoms with Gasteiger partial charge in [0.2, 0.25) is 5.91 Å². The van der Waals surface area contributed by atoms with Gasteiger partial charge in [-0.1, -0.05) is 17.9 Å². The number of carbonyl (C=O) groups excluding carboxylic acids is 1. The van der Waals surface area contributed by atoms with Crippen molar-refractivity contribution in [1.82, 2.24) is 29.0 Å². The molecule has 0 spiro atoms. The van der Waals surface area contributed by atoms with Crippen molar-refractivity contribution in [3.05, 3.63) is 63.3 Å². The second-order valence-electron chi connectivity index (χ2n) is 10.2. The Labute approximate surface area is 240 Å². The van der Waals surface area contributed by atoms with Gasteiger partial charge in [-0.2, -0.15) is 10.2 Å². The van der Waals surface area contributed by atoms with Crippen molar-refractivity contribution in [2.75, 3.05) is 33.9 Å². The van der Waals surface area contributed by atoms with Crippen molar-refractivity contribution in [2.24, 2.45) is 0 Å². The Balaban J connectivity index is 2.07. The number of aromatic nitrogens is 5. The van der Waals surface area contributed by atoms with E-state index in [1.807, 2.05) is 0 Å². The minimum absolute atomic E-state index is 0.0814. The van der Waals surface area contributed by atoms with Crippen LogP contribution in [-0.4, -0.2) is 91.3 Å². The van der Waals surface area contributed by atoms with Crippen LogP contribution < -0.4 is 11.2 Å². The van der Waals surface area contributed by atoms with Gasteiger partial charge in [0, 0.05) is 25.8 Å². The van der Waals surface area contributed by atoms with Gasteiger partial charge >= 0.3 is 5.69 Å². The molecule has 1 aliphatic rings. The van der Waals surface area contributed by atoms with Gasteiger partial charge in [0.15, 0.2) is 0 Å². The number of amides is 1. The summed E-state index contributed by atoms with van der Waals surface area (Å²) in [5.74, 6) is 0.0372. The highest BCUT2D eigenvalue weighted by molar-refractivity contribution is 7.21. The molecule has 1 saturated heterocycles. The number of thiophene rings is 1. The molecule has 0 aromatic carbocycles. The Morgan fingerprint density at radius 1 is 1.32 bits per heavy atom. The van der Waals surface area contributed by atoms with Gasteiger partial charge < -0.3 is 24.6 Å². The summed E-state index contributed by atoms with van der Waals surface area (Å²) in [5, 5.41) is 28.3. The first-order valence-electron chi connectivity index (χ1n) is 13.2. The highest BCUT2D eigenvalue weighted by Gasteiger charge is 2.41. The smallest absolute Gasteiger partial charge is 0.333 e. The lowest BCUT2D eigenvalue weighted by Gasteiger charge is -2.36. The molecule has 4 rings (SSSR count). The Kier molecular flexibility index (Phi) is 8.97. The quantitative estimate of drug-likeness (QED) is 0.234. The van der Waals surface area contributed by atoms with Crippen LogP contribution in [0.4, 0.5) is 0 Å². The van der Waals surface area contributed by atoms with Gasteiger partial charge in [0.1, 0.15) is 21.6 Å². The molecular weight excluding hydrogens is 552 g/mol. The molecule has 14 heteroatoms. The van der Waals surface area contributed by atoms with Gasteiger partial charge in [0.25, 0.3) is 5.56 Å². The number of ether oxygens (including phenoxy) is 2. The monoisotopic (exact) mass is 588 g/mol. The summed E-state index contributed by atoms with van der Waals surface area (Å²) in [6.45, 7) is 9.18. The lowest BCUT2D eigenvalue weighted by molar-refractivity contribution is -0.129. The molecule has 0 bridgehead atoms. The second kappa shape index (κ2) is 12.1. The molecule has 0 aliphatic carbocycles. The standard InChI is InChI=1S/C27H36N6O7S/c1-7-19(39-6)14-27(4,17(3)40-13-9-18(35)15-34)32-25-21(16(2)24(41-25)33-28-10-11-29-33)23(37)31(26(32)38)20-8-12-30(5)22(20)36/h7,10-11,14,17-18,20,34-35H,1,8-9,12-13,15H2,2-6H3/b19-14+/t17-,18?,20-,27?/m1/s1. The average Bonchev–Trinajstić information content (AvgIpc) is 3.68. The summed E-state index contributed by atoms with van der Waals surface area (Å²) in [5.41, 5.74) is -1.96. The number of likely N-dealkylation sites (N-methyl/N-ethyl adjacent to an activating group) is 1. The molecule has 0 radical (unpaired) electrons. The number of aliphatic hydroxyl groups excluding tert-OH is 2. The molecule has 4 heterocycles. The van der Waals surface area contributed by atoms with Crippen LogP contribution in [0.3, 0.4) is 0 Å². The molecule has 3 aromatic heterocycles. The van der Waals surface area contributed by atoms with E-state index in [9.17, 15) is 24.6 Å². The maximum absolute atomic E-state index is 14.5. The predicted molar refractivity (Wildman–Crippen MR) is 153 cm³/mol. The van der Waals surface area contributed by atoms with E-state index < -0.39 is 41.6 Å². The van der Waals surface area contributed by atoms with E-state index in [0.717, 1.165) is 4.57 Å². The number of aliphatic hydroxyl groups is 2. The molecule has 3 aromatic rings. The van der Waals surface area contributed by atoms with E-state index in [-0.39, 0.29) is 24.3 Å². The molecule has 222 valence electrons. The summed E-state index contributed by atoms with van der Waals surface area (Å²) >= 11 is 1.18. The summed E-state index contributed by atoms with van der Waals surface area (Å²) in [6, 6.07) is -0.966. The van der Waals surface area contributed by atoms with Crippen LogP contribution >= 0.6 is 11.3 Å². The zero-order valence-electron chi connectivity index (χ0n) is 23.8. The third kappa shape index (κ3) is 5.39. The van der Waals surface area contributed by atoms with E-state index in [4.69, 9.17) is 9.47 Å². The minimum Gasteiger partial charge on any atom is -0.497 e. The van der Waals surface area contributed by atoms with E-state index in [1.54, 1.807) is 33.9 Å². The molecule has 4 atom stereocenters. The number of nitrogens with zero attached hydrogens (tertiary/aromatic N) is 6. The van der Waals surface area contributed by atoms with Crippen molar-refractivity contribution in [1.29, 1.82) is 0 Å². The van der Waals surface area contributed by atoms with Crippen molar-refractivity contribution in [2.45, 2.75) is 57.4 Å². The number of methoxy groups -OCH3 is 1. The van der Waals surface area contributed by atoms with Gasteiger partial charge in [-0.3, -0.25) is 14.2 Å². The fourth-order valence-corrected chi connectivity index (χ4v) is 6.37. The summed E-state index contributed by atoms with van der Waals surface area (Å²) in [4.78, 5) is 44.9. The normalized spacial score (nSPS) is 19.0. The Bertz CT molecular complexity index is 1570. The third-order valence-electron chi connectivity index (χ3n) is 7.65. The van der Waals surface area contributed by atoms with Gasteiger partial charge in [0.05, 0.1) is 49.2 Å². The lowest BCUT2D eigenvalue weighted by atomic mass is 9.93. The lowest BCUT2D eigenvalue weighted by Crippen LogP contribution is -2.53. The number of hydrogen-bond donors (Lipinski definition) is 2. The number of hydrogen-bond acceptors (Lipinski definition) is 10. The van der Waals surface area contributed by atoms with E-state index in [1.165, 1.54) is 51.2 Å². The first kappa shape index (κ1) is 30.4. The number of carbonyl (C=O) groups is 1. The molecule has 1 amide bonds. The van der Waals surface area contributed by atoms with Crippen molar-refractivity contribution in [3.8, 4) is 5.00 Å². The van der Waals surface area contributed by atoms with E-state index >= 15 is 0 Å². The molecular formula is C27H36N6O7S. The Morgan fingerprint density at radius 3 is 2.56 bits per heavy atom. The summed E-state index contributed by atoms with van der Waals surface area (Å²) in [7, 11) is 3.11. The van der Waals surface area contributed by atoms with E-state index in [0.29, 0.717) is 34.1 Å². The van der Waals surface area contributed by atoms with Crippen LogP contribution in [0.2, 0.25) is 0 Å². The van der Waals surface area contributed by atoms with Crippen molar-refractivity contribution >= 4 is 27.5 Å². The maximum atomic E-state index is 14.5. The van der Waals surface area contributed by atoms with Crippen LogP contribution in [0.1, 0.15) is 38.3 Å². The fourth-order valence-electron chi connectivity index (χ4n) is 5.05. The number of fused-ring (bicyclic) bond motifs is 1. The molecule has 1 fully saturated rings. The molecule has 13 nitrogen and oxygen atoms in total. The summed E-state index contributed by atoms with van der Waals surface area (Å²) < 4.78 is 14.1. The highest BCUT2D eigenvalue weighted by Crippen LogP contribution is 2.36. The molecule has 41 heavy (non-hydrogen) atoms. The average molecular weight is 589 g/mol. The molecule has 0 saturated carbocycles. The number of rotatable bonds is 12. The number of likely N-dealkylation sites (tertiary alicyclic amines) is 1. The highest BCUT2D eigenvalue weighted by atomic mass is 32.1. The van der Waals surface area contributed by atoms with Gasteiger partial charge in [-0.05, 0) is 45.8 Å². The van der Waals surface area contributed by atoms with Gasteiger partial charge in [-0.15, -0.1) is 4.80 Å². The largest absolute Gasteiger partial charge is 0.497 e. The van der Waals surface area contributed by atoms with Crippen LogP contribution in [0, 0.1) is 6.92 Å². The molecule has 2 N–H and O–H groups in total. The zero-order valence-corrected chi connectivity index (χ0v) is 24.6. The van der Waals surface area contributed by atoms with Crippen molar-refractivity contribution in [3.63, 3.8) is 0 Å². The molecule has 1 aliphatic heterocycles. The Morgan fingerprint density at radius 2 is 2.00 bits per heavy atom. The Hall–Kier alpha value is -3.59. The van der Waals surface area contributed by atoms with Crippen LogP contribution in [0.5, 0.6) is 0 Å². The zero-order chi connectivity index (χ0) is 30.1. The topological polar surface area (TPSA) is 154 Å². The minimum atomic E-state index is -1.28. The first-order valence-corrected chi connectivity index (χ1v) is 14.0. The maximum Gasteiger partial charge on any atom is 0.333 e. The van der Waals surface area contributed by atoms with Crippen LogP contribution in [0.25, 0.3) is 15.2 Å². The van der Waals surface area contributed by atoms with Crippen LogP contribution in [-0.2, 0) is 19.8 Å². The predicted octanol–water partition coefficient (Wildman–Crippen LogP) is 1.10. The summed E-state index contributed by atoms with van der Waals surface area (Å²) in [6.07, 6.45) is 5.00. The SMILES string of the molecule is C=C/C(=C\C(C)([C@@H](C)OCCC(O)CO)n1c(=O)n([C@@H]2CCN(C)C2=O)c(=O)c2c(C)c(-n3nccn3)sc21)OC. The second-order valence-corrected chi connectivity index (χ2v) is 11.2. The fraction of sp³-hybridized carbons (Fsp3) is 0.519. The van der Waals surface area contributed by atoms with Crippen LogP contribution in [0.15, 0.2) is 46.5 Å². The first-order chi connectivity index (χ1) is 19.5. The third-order valence-corrected chi connectivity index (χ3v) is 8.90. The van der Waals surface area contributed by atoms with E-state index in [2.05, 4.69) is 16.8 Å². The van der Waals surface area contributed by atoms with Crippen molar-refractivity contribution < 1.29 is 24.5 Å². The molecule has 2 unspecified atom stereocenters. The number of allylic oxidation sites excluding steroid dienone is 1.